The van der Waals surface area contributed by atoms with Gasteiger partial charge in [-0.05, 0) is 50.1 Å². The van der Waals surface area contributed by atoms with E-state index in [2.05, 4.69) is 10.6 Å². The van der Waals surface area contributed by atoms with E-state index in [9.17, 15) is 22.8 Å². The number of aliphatic hydroxyl groups is 1. The SMILES string of the molecule is CC.CCC(C)O.Cc1ccc(Nc2c(C(=O)N3CC(NC=O)C3)ccc(F)c2F)c(F)c1. The predicted octanol–water partition coefficient (Wildman–Crippen LogP) is 4.53. The van der Waals surface area contributed by atoms with Gasteiger partial charge in [-0.25, -0.2) is 13.2 Å². The molecule has 2 aromatic carbocycles. The normalized spacial score (nSPS) is 13.4. The van der Waals surface area contributed by atoms with E-state index >= 15 is 0 Å². The zero-order valence-corrected chi connectivity index (χ0v) is 19.6. The summed E-state index contributed by atoms with van der Waals surface area (Å²) in [7, 11) is 0. The van der Waals surface area contributed by atoms with Crippen LogP contribution < -0.4 is 10.6 Å². The Labute approximate surface area is 192 Å². The molecule has 0 bridgehead atoms. The molecule has 182 valence electrons. The van der Waals surface area contributed by atoms with Gasteiger partial charge in [0, 0.05) is 13.1 Å². The number of halogens is 3. The molecule has 1 unspecified atom stereocenters. The summed E-state index contributed by atoms with van der Waals surface area (Å²) < 4.78 is 42.0. The molecule has 9 heteroatoms. The number of aryl methyl sites for hydroxylation is 1. The number of carbonyl (C=O) groups is 2. The van der Waals surface area contributed by atoms with Crippen LogP contribution in [0.5, 0.6) is 0 Å². The second kappa shape index (κ2) is 13.5. The van der Waals surface area contributed by atoms with E-state index in [4.69, 9.17) is 5.11 Å². The quantitative estimate of drug-likeness (QED) is 0.546. The highest BCUT2D eigenvalue weighted by atomic mass is 19.2. The van der Waals surface area contributed by atoms with Gasteiger partial charge in [-0.3, -0.25) is 9.59 Å². The van der Waals surface area contributed by atoms with Crippen molar-refractivity contribution in [1.29, 1.82) is 0 Å². The van der Waals surface area contributed by atoms with Crippen LogP contribution in [-0.4, -0.2) is 47.6 Å². The summed E-state index contributed by atoms with van der Waals surface area (Å²) in [6.45, 7) is 9.94. The highest BCUT2D eigenvalue weighted by molar-refractivity contribution is 6.01. The minimum atomic E-state index is -1.26. The van der Waals surface area contributed by atoms with E-state index < -0.39 is 29.0 Å². The van der Waals surface area contributed by atoms with E-state index in [1.54, 1.807) is 19.9 Å². The highest BCUT2D eigenvalue weighted by Gasteiger charge is 2.33. The molecule has 1 fully saturated rings. The summed E-state index contributed by atoms with van der Waals surface area (Å²) in [6, 6.07) is 6.06. The number of carbonyl (C=O) groups excluding carboxylic acids is 2. The Balaban J connectivity index is 0.000000689. The first-order valence-electron chi connectivity index (χ1n) is 10.9. The molecule has 2 aromatic rings. The van der Waals surface area contributed by atoms with E-state index in [-0.39, 0.29) is 36.5 Å². The van der Waals surface area contributed by atoms with E-state index in [0.717, 1.165) is 18.6 Å². The van der Waals surface area contributed by atoms with Crippen LogP contribution in [0.4, 0.5) is 24.5 Å². The molecular formula is C24H32F3N3O3. The number of nitrogens with one attached hydrogen (secondary N) is 2. The van der Waals surface area contributed by atoms with Gasteiger partial charge in [0.15, 0.2) is 11.6 Å². The van der Waals surface area contributed by atoms with Crippen LogP contribution in [0, 0.1) is 24.4 Å². The molecule has 1 saturated heterocycles. The van der Waals surface area contributed by atoms with Crippen LogP contribution in [0.3, 0.4) is 0 Å². The van der Waals surface area contributed by atoms with Crippen LogP contribution in [0.25, 0.3) is 0 Å². The lowest BCUT2D eigenvalue weighted by Gasteiger charge is -2.39. The number of rotatable bonds is 6. The van der Waals surface area contributed by atoms with E-state index in [1.165, 1.54) is 17.0 Å². The molecule has 3 rings (SSSR count). The molecular weight excluding hydrogens is 435 g/mol. The van der Waals surface area contributed by atoms with Gasteiger partial charge in [0.05, 0.1) is 29.1 Å². The number of amides is 2. The molecule has 1 heterocycles. The molecule has 0 aliphatic carbocycles. The first kappa shape index (κ1) is 28.0. The summed E-state index contributed by atoms with van der Waals surface area (Å²) in [4.78, 5) is 24.4. The summed E-state index contributed by atoms with van der Waals surface area (Å²) >= 11 is 0. The van der Waals surface area contributed by atoms with Crippen LogP contribution in [0.15, 0.2) is 30.3 Å². The van der Waals surface area contributed by atoms with Crippen molar-refractivity contribution >= 4 is 23.7 Å². The number of likely N-dealkylation sites (tertiary alicyclic amines) is 1. The van der Waals surface area contributed by atoms with Crippen LogP contribution in [-0.2, 0) is 4.79 Å². The van der Waals surface area contributed by atoms with Gasteiger partial charge < -0.3 is 20.6 Å². The van der Waals surface area contributed by atoms with E-state index in [0.29, 0.717) is 12.0 Å². The second-order valence-corrected chi connectivity index (χ2v) is 7.34. The molecule has 1 aliphatic heterocycles. The van der Waals surface area contributed by atoms with Crippen molar-refractivity contribution in [2.24, 2.45) is 0 Å². The minimum absolute atomic E-state index is 0.0711. The molecule has 3 N–H and O–H groups in total. The van der Waals surface area contributed by atoms with Crippen LogP contribution in [0.1, 0.15) is 50.0 Å². The summed E-state index contributed by atoms with van der Waals surface area (Å²) in [6.07, 6.45) is 1.28. The zero-order chi connectivity index (χ0) is 25.1. The van der Waals surface area contributed by atoms with Gasteiger partial charge >= 0.3 is 0 Å². The highest BCUT2D eigenvalue weighted by Crippen LogP contribution is 2.30. The van der Waals surface area contributed by atoms with Gasteiger partial charge in [-0.1, -0.05) is 26.8 Å². The standard InChI is InChI=1S/C18H16F3N3O2.C4H10O.C2H6/c1-10-2-5-15(14(20)6-10)23-17-12(3-4-13(19)16(17)21)18(26)24-7-11(8-24)22-9-25;1-3-4(2)5;1-2/h2-6,9,11,23H,7-8H2,1H3,(H,22,25);4-5H,3H2,1-2H3;1-2H3. The summed E-state index contributed by atoms with van der Waals surface area (Å²) in [5.41, 5.74) is 0.0506. The van der Waals surface area contributed by atoms with Crippen molar-refractivity contribution in [2.75, 3.05) is 18.4 Å². The Hall–Kier alpha value is -3.07. The zero-order valence-electron chi connectivity index (χ0n) is 19.6. The number of benzene rings is 2. The molecule has 0 radical (unpaired) electrons. The smallest absolute Gasteiger partial charge is 0.256 e. The first-order valence-corrected chi connectivity index (χ1v) is 10.9. The number of hydrogen-bond acceptors (Lipinski definition) is 4. The van der Waals surface area contributed by atoms with Gasteiger partial charge in [0.1, 0.15) is 5.82 Å². The third-order valence-electron chi connectivity index (χ3n) is 4.77. The number of nitrogens with zero attached hydrogens (tertiary/aromatic N) is 1. The molecule has 33 heavy (non-hydrogen) atoms. The lowest BCUT2D eigenvalue weighted by Crippen LogP contribution is -2.59. The Morgan fingerprint density at radius 2 is 1.79 bits per heavy atom. The van der Waals surface area contributed by atoms with Crippen molar-refractivity contribution in [2.45, 2.75) is 53.2 Å². The van der Waals surface area contributed by atoms with Gasteiger partial charge in [0.25, 0.3) is 5.91 Å². The van der Waals surface area contributed by atoms with Crippen molar-refractivity contribution in [3.8, 4) is 0 Å². The van der Waals surface area contributed by atoms with Crippen molar-refractivity contribution < 1.29 is 27.9 Å². The average Bonchev–Trinajstić information content (AvgIpc) is 2.76. The van der Waals surface area contributed by atoms with E-state index in [1.807, 2.05) is 20.8 Å². The predicted molar refractivity (Wildman–Crippen MR) is 123 cm³/mol. The maximum atomic E-state index is 14.3. The van der Waals surface area contributed by atoms with Crippen molar-refractivity contribution in [1.82, 2.24) is 10.2 Å². The average molecular weight is 468 g/mol. The third-order valence-corrected chi connectivity index (χ3v) is 4.77. The third kappa shape index (κ3) is 7.78. The lowest BCUT2D eigenvalue weighted by molar-refractivity contribution is -0.111. The number of aliphatic hydroxyl groups excluding tert-OH is 1. The molecule has 0 saturated carbocycles. The van der Waals surface area contributed by atoms with Crippen molar-refractivity contribution in [3.63, 3.8) is 0 Å². The minimum Gasteiger partial charge on any atom is -0.393 e. The molecule has 1 atom stereocenters. The van der Waals surface area contributed by atoms with Gasteiger partial charge in [-0.2, -0.15) is 0 Å². The van der Waals surface area contributed by atoms with Crippen LogP contribution in [0.2, 0.25) is 0 Å². The van der Waals surface area contributed by atoms with Crippen molar-refractivity contribution in [3.05, 3.63) is 58.9 Å². The first-order chi connectivity index (χ1) is 15.7. The molecule has 2 amide bonds. The lowest BCUT2D eigenvalue weighted by atomic mass is 10.0. The fraction of sp³-hybridized carbons (Fsp3) is 0.417. The van der Waals surface area contributed by atoms with Crippen LogP contribution >= 0.6 is 0 Å². The molecule has 1 aliphatic rings. The molecule has 0 aromatic heterocycles. The Morgan fingerprint density at radius 3 is 2.30 bits per heavy atom. The summed E-state index contributed by atoms with van der Waals surface area (Å²) in [5, 5.41) is 13.4. The number of hydrogen-bond donors (Lipinski definition) is 3. The van der Waals surface area contributed by atoms with Gasteiger partial charge in [0.2, 0.25) is 6.41 Å². The maximum absolute atomic E-state index is 14.3. The fourth-order valence-electron chi connectivity index (χ4n) is 2.72. The Kier molecular flexibility index (Phi) is 11.4. The largest absolute Gasteiger partial charge is 0.393 e. The topological polar surface area (TPSA) is 81.7 Å². The molecule has 6 nitrogen and oxygen atoms in total. The molecule has 0 spiro atoms. The fourth-order valence-corrected chi connectivity index (χ4v) is 2.72. The monoisotopic (exact) mass is 467 g/mol. The second-order valence-electron chi connectivity index (χ2n) is 7.34. The van der Waals surface area contributed by atoms with Gasteiger partial charge in [-0.15, -0.1) is 0 Å². The maximum Gasteiger partial charge on any atom is 0.256 e. The number of anilines is 2. The Bertz CT molecular complexity index is 933. The summed E-state index contributed by atoms with van der Waals surface area (Å²) in [5.74, 6) is -3.60. The Morgan fingerprint density at radius 1 is 1.18 bits per heavy atom.